The molecule has 0 saturated carbocycles. The summed E-state index contributed by atoms with van der Waals surface area (Å²) in [6.07, 6.45) is 0. The van der Waals surface area contributed by atoms with Crippen molar-refractivity contribution in [3.8, 4) is 22.6 Å². The number of rotatable bonds is 6. The highest BCUT2D eigenvalue weighted by molar-refractivity contribution is 6.06. The number of carbonyl (C=O) groups is 1. The molecule has 9 heteroatoms. The molecule has 0 aliphatic rings. The molecule has 0 radical (unpaired) electrons. The molecular formula is C24H18N2O7. The van der Waals surface area contributed by atoms with E-state index in [0.717, 1.165) is 0 Å². The van der Waals surface area contributed by atoms with E-state index in [1.54, 1.807) is 42.5 Å². The van der Waals surface area contributed by atoms with E-state index in [1.165, 1.54) is 38.5 Å². The zero-order chi connectivity index (χ0) is 23.5. The third-order valence-electron chi connectivity index (χ3n) is 5.04. The number of hydrogen-bond donors (Lipinski definition) is 1. The lowest BCUT2D eigenvalue weighted by Gasteiger charge is -2.13. The summed E-state index contributed by atoms with van der Waals surface area (Å²) < 4.78 is 16.5. The molecule has 1 heterocycles. The standard InChI is InChI=1S/C24H18N2O7/c1-31-19-12-9-15(13-20(19)32-2)21-22(27)17-5-3-4-6-18(17)33-24(21)25-23(28)14-7-10-16(11-8-14)26(29)30/h3-13H,1-2H3,(H,25,28). The van der Waals surface area contributed by atoms with Crippen LogP contribution in [0.2, 0.25) is 0 Å². The van der Waals surface area contributed by atoms with Crippen molar-refractivity contribution in [1.82, 2.24) is 0 Å². The van der Waals surface area contributed by atoms with E-state index in [9.17, 15) is 19.7 Å². The number of nitro groups is 1. The van der Waals surface area contributed by atoms with Crippen molar-refractivity contribution in [2.75, 3.05) is 19.5 Å². The molecule has 4 rings (SSSR count). The Morgan fingerprint density at radius 1 is 0.970 bits per heavy atom. The fourth-order valence-electron chi connectivity index (χ4n) is 3.39. The number of para-hydroxylation sites is 1. The van der Waals surface area contributed by atoms with Crippen molar-refractivity contribution in [2.24, 2.45) is 0 Å². The minimum atomic E-state index is -0.593. The van der Waals surface area contributed by atoms with Gasteiger partial charge >= 0.3 is 0 Å². The van der Waals surface area contributed by atoms with Gasteiger partial charge in [-0.2, -0.15) is 0 Å². The number of non-ortho nitro benzene ring substituents is 1. The van der Waals surface area contributed by atoms with Gasteiger partial charge in [0.25, 0.3) is 11.6 Å². The molecule has 1 aromatic heterocycles. The summed E-state index contributed by atoms with van der Waals surface area (Å²) in [5.41, 5.74) is 0.550. The van der Waals surface area contributed by atoms with E-state index in [2.05, 4.69) is 5.32 Å². The Labute approximate surface area is 187 Å². The van der Waals surface area contributed by atoms with Gasteiger partial charge in [0.2, 0.25) is 11.3 Å². The summed E-state index contributed by atoms with van der Waals surface area (Å²) >= 11 is 0. The second-order valence-electron chi connectivity index (χ2n) is 6.96. The molecule has 4 aromatic rings. The van der Waals surface area contributed by atoms with Gasteiger partial charge in [-0.1, -0.05) is 18.2 Å². The summed E-state index contributed by atoms with van der Waals surface area (Å²) in [6, 6.07) is 16.7. The average Bonchev–Trinajstić information content (AvgIpc) is 2.84. The minimum Gasteiger partial charge on any atom is -0.493 e. The molecule has 1 amide bonds. The summed E-state index contributed by atoms with van der Waals surface area (Å²) in [6.45, 7) is 0. The number of nitrogens with zero attached hydrogens (tertiary/aromatic N) is 1. The van der Waals surface area contributed by atoms with E-state index in [4.69, 9.17) is 13.9 Å². The van der Waals surface area contributed by atoms with Crippen LogP contribution in [-0.2, 0) is 0 Å². The van der Waals surface area contributed by atoms with Gasteiger partial charge in [0, 0.05) is 17.7 Å². The maximum Gasteiger partial charge on any atom is 0.269 e. The van der Waals surface area contributed by atoms with Crippen molar-refractivity contribution in [3.05, 3.63) is 92.6 Å². The zero-order valence-corrected chi connectivity index (χ0v) is 17.7. The number of amides is 1. The molecule has 0 aliphatic carbocycles. The highest BCUT2D eigenvalue weighted by atomic mass is 16.6. The number of anilines is 1. The predicted molar refractivity (Wildman–Crippen MR) is 122 cm³/mol. The quantitative estimate of drug-likeness (QED) is 0.338. The number of ether oxygens (including phenoxy) is 2. The molecule has 0 atom stereocenters. The van der Waals surface area contributed by atoms with Crippen LogP contribution >= 0.6 is 0 Å². The van der Waals surface area contributed by atoms with E-state index >= 15 is 0 Å². The van der Waals surface area contributed by atoms with Crippen LogP contribution in [0.15, 0.2) is 75.9 Å². The van der Waals surface area contributed by atoms with Gasteiger partial charge in [-0.3, -0.25) is 25.0 Å². The molecule has 0 spiro atoms. The van der Waals surface area contributed by atoms with Gasteiger partial charge in [0.15, 0.2) is 11.5 Å². The van der Waals surface area contributed by atoms with E-state index < -0.39 is 10.8 Å². The maximum absolute atomic E-state index is 13.4. The van der Waals surface area contributed by atoms with Crippen LogP contribution in [-0.4, -0.2) is 25.1 Å². The highest BCUT2D eigenvalue weighted by Gasteiger charge is 2.20. The largest absolute Gasteiger partial charge is 0.493 e. The van der Waals surface area contributed by atoms with Crippen LogP contribution in [0.3, 0.4) is 0 Å². The third-order valence-corrected chi connectivity index (χ3v) is 5.04. The topological polar surface area (TPSA) is 121 Å². The van der Waals surface area contributed by atoms with E-state index in [0.29, 0.717) is 28.0 Å². The molecule has 0 saturated heterocycles. The van der Waals surface area contributed by atoms with E-state index in [-0.39, 0.29) is 28.1 Å². The fraction of sp³-hybridized carbons (Fsp3) is 0.0833. The number of nitro benzene ring substituents is 1. The Morgan fingerprint density at radius 2 is 1.67 bits per heavy atom. The Bertz CT molecular complexity index is 1430. The molecule has 166 valence electrons. The lowest BCUT2D eigenvalue weighted by molar-refractivity contribution is -0.384. The third kappa shape index (κ3) is 4.11. The number of hydrogen-bond acceptors (Lipinski definition) is 7. The molecule has 0 aliphatic heterocycles. The number of benzene rings is 3. The van der Waals surface area contributed by atoms with Gasteiger partial charge in [0.1, 0.15) is 5.58 Å². The normalized spacial score (nSPS) is 10.6. The van der Waals surface area contributed by atoms with Crippen LogP contribution in [0.25, 0.3) is 22.1 Å². The Morgan fingerprint density at radius 3 is 2.33 bits per heavy atom. The van der Waals surface area contributed by atoms with Crippen LogP contribution < -0.4 is 20.2 Å². The lowest BCUT2D eigenvalue weighted by atomic mass is 10.0. The lowest BCUT2D eigenvalue weighted by Crippen LogP contribution is -2.16. The van der Waals surface area contributed by atoms with Crippen LogP contribution in [0.4, 0.5) is 11.6 Å². The SMILES string of the molecule is COc1ccc(-c2c(NC(=O)c3ccc([N+](=O)[O-])cc3)oc3ccccc3c2=O)cc1OC. The van der Waals surface area contributed by atoms with Gasteiger partial charge in [-0.05, 0) is 42.0 Å². The van der Waals surface area contributed by atoms with E-state index in [1.807, 2.05) is 0 Å². The second kappa shape index (κ2) is 8.83. The summed E-state index contributed by atoms with van der Waals surface area (Å²) in [5, 5.41) is 13.8. The summed E-state index contributed by atoms with van der Waals surface area (Å²) in [7, 11) is 2.97. The first-order valence-electron chi connectivity index (χ1n) is 9.77. The highest BCUT2D eigenvalue weighted by Crippen LogP contribution is 2.35. The monoisotopic (exact) mass is 446 g/mol. The van der Waals surface area contributed by atoms with Crippen LogP contribution in [0.1, 0.15) is 10.4 Å². The molecule has 0 bridgehead atoms. The molecule has 0 fully saturated rings. The Kier molecular flexibility index (Phi) is 5.77. The van der Waals surface area contributed by atoms with Gasteiger partial charge in [0.05, 0.1) is 30.1 Å². The predicted octanol–water partition coefficient (Wildman–Crippen LogP) is 4.64. The second-order valence-corrected chi connectivity index (χ2v) is 6.96. The molecule has 33 heavy (non-hydrogen) atoms. The fourth-order valence-corrected chi connectivity index (χ4v) is 3.39. The number of nitrogens with one attached hydrogen (secondary N) is 1. The molecule has 3 aromatic carbocycles. The first kappa shape index (κ1) is 21.6. The number of methoxy groups -OCH3 is 2. The van der Waals surface area contributed by atoms with Gasteiger partial charge in [-0.25, -0.2) is 0 Å². The Hall–Kier alpha value is -4.66. The smallest absolute Gasteiger partial charge is 0.269 e. The summed E-state index contributed by atoms with van der Waals surface area (Å²) in [5.74, 6) is 0.220. The Balaban J connectivity index is 1.84. The van der Waals surface area contributed by atoms with Crippen molar-refractivity contribution in [2.45, 2.75) is 0 Å². The molecule has 0 unspecified atom stereocenters. The zero-order valence-electron chi connectivity index (χ0n) is 17.7. The average molecular weight is 446 g/mol. The van der Waals surface area contributed by atoms with Gasteiger partial charge in [-0.15, -0.1) is 0 Å². The molecule has 1 N–H and O–H groups in total. The summed E-state index contributed by atoms with van der Waals surface area (Å²) in [4.78, 5) is 36.6. The van der Waals surface area contributed by atoms with Crippen LogP contribution in [0.5, 0.6) is 11.5 Å². The van der Waals surface area contributed by atoms with Crippen molar-refractivity contribution in [1.29, 1.82) is 0 Å². The van der Waals surface area contributed by atoms with Crippen LogP contribution in [0, 0.1) is 10.1 Å². The maximum atomic E-state index is 13.4. The number of carbonyl (C=O) groups excluding carboxylic acids is 1. The van der Waals surface area contributed by atoms with Crippen molar-refractivity contribution in [3.63, 3.8) is 0 Å². The van der Waals surface area contributed by atoms with Gasteiger partial charge < -0.3 is 13.9 Å². The minimum absolute atomic E-state index is 0.0609. The van der Waals surface area contributed by atoms with Crippen molar-refractivity contribution >= 4 is 28.4 Å². The molecule has 9 nitrogen and oxygen atoms in total. The first-order valence-corrected chi connectivity index (χ1v) is 9.77. The first-order chi connectivity index (χ1) is 15.9. The molecular weight excluding hydrogens is 428 g/mol. The number of fused-ring (bicyclic) bond motifs is 1. The van der Waals surface area contributed by atoms with Crippen molar-refractivity contribution < 1.29 is 23.6 Å².